The summed E-state index contributed by atoms with van der Waals surface area (Å²) in [6.07, 6.45) is 0. The van der Waals surface area contributed by atoms with Crippen LogP contribution in [0.5, 0.6) is 0 Å². The molecule has 0 aliphatic carbocycles. The van der Waals surface area contributed by atoms with E-state index in [-0.39, 0.29) is 6.07 Å². The van der Waals surface area contributed by atoms with Crippen molar-refractivity contribution in [3.05, 3.63) is 90.0 Å². The van der Waals surface area contributed by atoms with E-state index in [9.17, 15) is 27.6 Å². The first-order valence-electron chi connectivity index (χ1n) is 9.41. The molecule has 0 amide bonds. The van der Waals surface area contributed by atoms with Crippen LogP contribution in [-0.4, -0.2) is 35.3 Å². The first kappa shape index (κ1) is 26.3. The topological polar surface area (TPSA) is 55.0 Å². The molecule has 9 heteroatoms. The third-order valence-corrected chi connectivity index (χ3v) is 4.09. The van der Waals surface area contributed by atoms with Gasteiger partial charge < -0.3 is 19.8 Å². The minimum absolute atomic E-state index is 0.0451. The molecule has 0 spiro atoms. The van der Waals surface area contributed by atoms with E-state index in [1.807, 2.05) is 12.1 Å². The van der Waals surface area contributed by atoms with Gasteiger partial charge in [0.1, 0.15) is 17.2 Å². The first-order valence-corrected chi connectivity index (χ1v) is 9.41. The van der Waals surface area contributed by atoms with Crippen molar-refractivity contribution >= 4 is 24.0 Å². The monoisotopic (exact) mass is 436 g/mol. The van der Waals surface area contributed by atoms with Gasteiger partial charge in [-0.3, -0.25) is 0 Å². The molecule has 0 fully saturated rings. The molecule has 0 bridgehead atoms. The van der Waals surface area contributed by atoms with Gasteiger partial charge in [-0.05, 0) is 24.3 Å². The van der Waals surface area contributed by atoms with Crippen LogP contribution in [0.3, 0.4) is 0 Å². The summed E-state index contributed by atoms with van der Waals surface area (Å²) in [4.78, 5) is 2.74. The zero-order valence-corrected chi connectivity index (χ0v) is 17.8. The second-order valence-electron chi connectivity index (χ2n) is 6.95. The molecular weight excluding hydrogens is 411 g/mol. The van der Waals surface area contributed by atoms with Gasteiger partial charge >= 0.3 is 0 Å². The summed E-state index contributed by atoms with van der Waals surface area (Å²) in [5.41, 5.74) is 1.13. The van der Waals surface area contributed by atoms with E-state index in [1.165, 1.54) is 21.2 Å². The van der Waals surface area contributed by atoms with E-state index in [0.29, 0.717) is 0 Å². The predicted octanol–water partition coefficient (Wildman–Crippen LogP) is -0.416. The molecule has 0 aliphatic rings. The van der Waals surface area contributed by atoms with E-state index >= 15 is 0 Å². The van der Waals surface area contributed by atoms with Gasteiger partial charge in [0.2, 0.25) is 0 Å². The third kappa shape index (κ3) is 8.51. The van der Waals surface area contributed by atoms with E-state index in [2.05, 4.69) is 76.7 Å². The smallest absolute Gasteiger partial charge is 0.193 e. The summed E-state index contributed by atoms with van der Waals surface area (Å²) < 4.78 is 49.6. The maximum atomic E-state index is 12.5. The number of halogens is 4. The Morgan fingerprint density at radius 2 is 1.00 bits per heavy atom. The number of hydrogen-bond acceptors (Lipinski definition) is 2. The minimum atomic E-state index is -3.02. The zero-order chi connectivity index (χ0) is 23.6. The molecule has 2 N–H and O–H groups in total. The Balaban J connectivity index is 0.000000239. The predicted molar refractivity (Wildman–Crippen MR) is 109 cm³/mol. The second kappa shape index (κ2) is 12.9. The fourth-order valence-corrected chi connectivity index (χ4v) is 2.34. The van der Waals surface area contributed by atoms with Crippen molar-refractivity contribution < 1.29 is 37.4 Å². The number of rotatable bonds is 3. The minimum Gasteiger partial charge on any atom is -0.889 e. The summed E-state index contributed by atoms with van der Waals surface area (Å²) in [5, 5.41) is 20.2. The van der Waals surface area contributed by atoms with Gasteiger partial charge in [0, 0.05) is 6.07 Å². The summed E-state index contributed by atoms with van der Waals surface area (Å²) >= 11 is 0. The van der Waals surface area contributed by atoms with Crippen molar-refractivity contribution in [2.75, 3.05) is 28.2 Å². The van der Waals surface area contributed by atoms with E-state index < -0.39 is 35.9 Å². The average molecular weight is 436 g/mol. The van der Waals surface area contributed by atoms with E-state index in [0.717, 1.165) is 0 Å². The molecule has 3 aromatic rings. The molecule has 3 aromatic carbocycles. The molecule has 3 rings (SSSR count). The van der Waals surface area contributed by atoms with Crippen LogP contribution in [0.1, 0.15) is 0 Å². The maximum absolute atomic E-state index is 12.5. The second-order valence-corrected chi connectivity index (χ2v) is 6.95. The largest absolute Gasteiger partial charge is 0.889 e. The van der Waals surface area contributed by atoms with Crippen LogP contribution in [-0.2, 0) is 0 Å². The summed E-state index contributed by atoms with van der Waals surface area (Å²) in [7, 11) is 5.46. The molecule has 0 atom stereocenters. The van der Waals surface area contributed by atoms with Crippen molar-refractivity contribution in [2.24, 2.45) is 0 Å². The van der Waals surface area contributed by atoms with Gasteiger partial charge in [0.15, 0.2) is 17.5 Å². The summed E-state index contributed by atoms with van der Waals surface area (Å²) in [6.45, 7) is 0. The Labute approximate surface area is 180 Å². The van der Waals surface area contributed by atoms with Crippen molar-refractivity contribution in [1.29, 1.82) is 0 Å². The maximum Gasteiger partial charge on any atom is 0.193 e. The van der Waals surface area contributed by atoms with Crippen LogP contribution < -0.4 is 25.3 Å². The van der Waals surface area contributed by atoms with Gasteiger partial charge in [-0.1, -0.05) is 49.0 Å². The van der Waals surface area contributed by atoms with Gasteiger partial charge in [-0.2, -0.15) is 0 Å². The number of nitrogens with one attached hydrogen (secondary N) is 2. The van der Waals surface area contributed by atoms with Crippen molar-refractivity contribution in [2.45, 2.75) is 0 Å². The number of hydrogen-bond donors (Lipinski definition) is 2. The Hall–Kier alpha value is -2.72. The van der Waals surface area contributed by atoms with Crippen LogP contribution in [0.25, 0.3) is 0 Å². The number of para-hydroxylation sites is 2. The highest BCUT2D eigenvalue weighted by molar-refractivity contribution is 6.55. The fraction of sp³-hybridized carbons (Fsp3) is 0.182. The van der Waals surface area contributed by atoms with Crippen molar-refractivity contribution in [3.63, 3.8) is 0 Å². The molecular formula is C22H25BF4N2O2. The van der Waals surface area contributed by atoms with Crippen LogP contribution >= 0.6 is 0 Å². The quantitative estimate of drug-likeness (QED) is 0.254. The molecule has 0 radical (unpaired) electrons. The Morgan fingerprint density at radius 1 is 0.613 bits per heavy atom. The Morgan fingerprint density at radius 3 is 1.29 bits per heavy atom. The Bertz CT molecular complexity index is 884. The van der Waals surface area contributed by atoms with Gasteiger partial charge in [-0.15, -0.1) is 0 Å². The molecule has 0 aliphatic heterocycles. The van der Waals surface area contributed by atoms with Gasteiger partial charge in [0.25, 0.3) is 0 Å². The first-order chi connectivity index (χ1) is 14.6. The average Bonchev–Trinajstić information content (AvgIpc) is 2.74. The molecule has 31 heavy (non-hydrogen) atoms. The fourth-order valence-electron chi connectivity index (χ4n) is 2.34. The Kier molecular flexibility index (Phi) is 10.9. The summed E-state index contributed by atoms with van der Waals surface area (Å²) in [5.74, 6) is -7.54. The van der Waals surface area contributed by atoms with E-state index in [4.69, 9.17) is 0 Å². The van der Waals surface area contributed by atoms with E-state index in [1.54, 1.807) is 0 Å². The lowest BCUT2D eigenvalue weighted by molar-refractivity contribution is -0.786. The highest BCUT2D eigenvalue weighted by Crippen LogP contribution is 2.10. The molecule has 166 valence electrons. The normalized spacial score (nSPS) is 10.2. The molecule has 0 saturated carbocycles. The highest BCUT2D eigenvalue weighted by atomic mass is 19.2. The van der Waals surface area contributed by atoms with Gasteiger partial charge in [0.05, 0.1) is 28.2 Å². The van der Waals surface area contributed by atoms with Crippen molar-refractivity contribution in [3.8, 4) is 0 Å². The molecule has 0 unspecified atom stereocenters. The molecule has 0 saturated heterocycles. The summed E-state index contributed by atoms with van der Waals surface area (Å²) in [6, 6.07) is 20.7. The number of benzene rings is 3. The highest BCUT2D eigenvalue weighted by Gasteiger charge is 2.16. The van der Waals surface area contributed by atoms with Gasteiger partial charge in [-0.25, -0.2) is 17.6 Å². The lowest BCUT2D eigenvalue weighted by Crippen LogP contribution is -3.00. The van der Waals surface area contributed by atoms with Crippen LogP contribution in [0, 0.1) is 23.3 Å². The lowest BCUT2D eigenvalue weighted by atomic mass is 9.79. The molecule has 4 nitrogen and oxygen atoms in total. The van der Waals surface area contributed by atoms with Crippen molar-refractivity contribution in [1.82, 2.24) is 0 Å². The van der Waals surface area contributed by atoms with Crippen LogP contribution in [0.4, 0.5) is 28.9 Å². The molecule has 0 aromatic heterocycles. The van der Waals surface area contributed by atoms with Crippen LogP contribution in [0.15, 0.2) is 66.7 Å². The standard InChI is InChI=1S/2C8H11N.C6HBF4O2/c2*1-9(2)8-6-4-3-5-7-8;8-2-1-3(9)5(10)6(11)4(2)7(12)13/h2*3-7H,1-2H3;1H/q;;-2/p+2. The third-order valence-electron chi connectivity index (χ3n) is 4.09. The number of quaternary nitrogens is 2. The van der Waals surface area contributed by atoms with Crippen LogP contribution in [0.2, 0.25) is 0 Å². The lowest BCUT2D eigenvalue weighted by Gasteiger charge is -2.27. The zero-order valence-electron chi connectivity index (χ0n) is 17.8. The molecule has 0 heterocycles. The SMILES string of the molecule is C[NH+](C)c1ccccc1.C[NH+](C)c1ccccc1.[O-]B([O-])c1c(F)cc(F)c(F)c1F.